The highest BCUT2D eigenvalue weighted by molar-refractivity contribution is 6.32. The van der Waals surface area contributed by atoms with E-state index >= 15 is 0 Å². The number of hydrogen-bond donors (Lipinski definition) is 0. The quantitative estimate of drug-likeness (QED) is 0.0989. The molecule has 5 aromatic rings. The topological polar surface area (TPSA) is 73.4 Å². The second-order valence-electron chi connectivity index (χ2n) is 13.8. The minimum atomic E-state index is -0.0107. The standard InChI is InChI=1S/C45H48ClN3O5/c1-32(2)37-14-16-39(17-15-37)52-26-21-34-9-11-35(12-10-34)30-48-22-24-49(25-23-48)44(50)20-13-36-27-33(3)45(41(46)28-36)54-43-19-18-40(29-47-43)53-31-38-7-5-6-8-42(38)51-4/h5-20,27-29,32H,21-26,30-31H2,1-4H3/b20-13+. The van der Waals surface area contributed by atoms with Crippen LogP contribution in [0.3, 0.4) is 0 Å². The van der Waals surface area contributed by atoms with E-state index in [1.807, 2.05) is 42.2 Å². The fourth-order valence-corrected chi connectivity index (χ4v) is 6.60. The van der Waals surface area contributed by atoms with Crippen LogP contribution in [0.1, 0.15) is 53.1 Å². The van der Waals surface area contributed by atoms with Gasteiger partial charge >= 0.3 is 0 Å². The molecule has 1 amide bonds. The maximum Gasteiger partial charge on any atom is 0.246 e. The van der Waals surface area contributed by atoms with Crippen molar-refractivity contribution in [2.45, 2.75) is 46.3 Å². The summed E-state index contributed by atoms with van der Waals surface area (Å²) in [5.41, 5.74) is 6.44. The average molecular weight is 746 g/mol. The number of hydrogen-bond acceptors (Lipinski definition) is 7. The van der Waals surface area contributed by atoms with Gasteiger partial charge in [0.25, 0.3) is 0 Å². The lowest BCUT2D eigenvalue weighted by Crippen LogP contribution is -2.47. The number of aryl methyl sites for hydroxylation is 1. The Morgan fingerprint density at radius 1 is 0.870 bits per heavy atom. The lowest BCUT2D eigenvalue weighted by Gasteiger charge is -2.34. The molecule has 1 aliphatic heterocycles. The Hall–Kier alpha value is -5.31. The SMILES string of the molecule is COc1ccccc1COc1ccc(Oc2c(C)cc(/C=C/C(=O)N3CCN(Cc4ccc(CCOc5ccc(C(C)C)cc5)cc4)CC3)cc2Cl)nc1. The van der Waals surface area contributed by atoms with Gasteiger partial charge in [0.2, 0.25) is 11.8 Å². The monoisotopic (exact) mass is 745 g/mol. The molecule has 1 fully saturated rings. The molecule has 6 rings (SSSR count). The average Bonchev–Trinajstić information content (AvgIpc) is 3.19. The summed E-state index contributed by atoms with van der Waals surface area (Å²) in [6.45, 7) is 11.2. The number of pyridine rings is 1. The summed E-state index contributed by atoms with van der Waals surface area (Å²) in [4.78, 5) is 21.8. The smallest absolute Gasteiger partial charge is 0.246 e. The molecule has 0 unspecified atom stereocenters. The molecule has 0 saturated carbocycles. The summed E-state index contributed by atoms with van der Waals surface area (Å²) < 4.78 is 23.3. The third-order valence-corrected chi connectivity index (χ3v) is 9.77. The first-order valence-corrected chi connectivity index (χ1v) is 18.8. The number of carbonyl (C=O) groups excluding carboxylic acids is 1. The van der Waals surface area contributed by atoms with Crippen LogP contribution < -0.4 is 18.9 Å². The molecule has 1 aliphatic rings. The summed E-state index contributed by atoms with van der Waals surface area (Å²) in [5.74, 6) is 3.70. The first-order chi connectivity index (χ1) is 26.2. The van der Waals surface area contributed by atoms with Crippen molar-refractivity contribution < 1.29 is 23.7 Å². The highest BCUT2D eigenvalue weighted by atomic mass is 35.5. The Balaban J connectivity index is 0.926. The van der Waals surface area contributed by atoms with Gasteiger partial charge in [-0.25, -0.2) is 4.98 Å². The molecular formula is C45H48ClN3O5. The minimum Gasteiger partial charge on any atom is -0.496 e. The molecule has 280 valence electrons. The Morgan fingerprint density at radius 3 is 2.28 bits per heavy atom. The zero-order valence-corrected chi connectivity index (χ0v) is 32.2. The fraction of sp³-hybridized carbons (Fsp3) is 0.289. The van der Waals surface area contributed by atoms with E-state index in [4.69, 9.17) is 30.5 Å². The van der Waals surface area contributed by atoms with Crippen LogP contribution in [-0.4, -0.2) is 60.6 Å². The number of rotatable bonds is 15. The molecule has 0 radical (unpaired) electrons. The molecule has 1 saturated heterocycles. The maximum atomic E-state index is 13.1. The molecule has 0 N–H and O–H groups in total. The highest BCUT2D eigenvalue weighted by Crippen LogP contribution is 2.34. The van der Waals surface area contributed by atoms with Crippen molar-refractivity contribution in [1.82, 2.24) is 14.8 Å². The van der Waals surface area contributed by atoms with E-state index in [9.17, 15) is 4.79 Å². The maximum absolute atomic E-state index is 13.1. The van der Waals surface area contributed by atoms with Crippen molar-refractivity contribution in [2.24, 2.45) is 0 Å². The first-order valence-electron chi connectivity index (χ1n) is 18.4. The molecule has 0 aliphatic carbocycles. The van der Waals surface area contributed by atoms with Gasteiger partial charge in [0.1, 0.15) is 23.9 Å². The van der Waals surface area contributed by atoms with E-state index < -0.39 is 0 Å². The summed E-state index contributed by atoms with van der Waals surface area (Å²) in [7, 11) is 1.64. The summed E-state index contributed by atoms with van der Waals surface area (Å²) in [6.07, 6.45) is 5.90. The number of piperazine rings is 1. The van der Waals surface area contributed by atoms with Crippen molar-refractivity contribution >= 4 is 23.6 Å². The van der Waals surface area contributed by atoms with Crippen LogP contribution in [0.5, 0.6) is 28.9 Å². The predicted molar refractivity (Wildman–Crippen MR) is 215 cm³/mol. The predicted octanol–water partition coefficient (Wildman–Crippen LogP) is 9.53. The molecule has 0 spiro atoms. The van der Waals surface area contributed by atoms with E-state index in [0.29, 0.717) is 54.6 Å². The second kappa shape index (κ2) is 18.6. The summed E-state index contributed by atoms with van der Waals surface area (Å²) >= 11 is 6.65. The van der Waals surface area contributed by atoms with Gasteiger partial charge in [0, 0.05) is 56.9 Å². The van der Waals surface area contributed by atoms with E-state index in [1.165, 1.54) is 16.7 Å². The van der Waals surface area contributed by atoms with Gasteiger partial charge in [-0.3, -0.25) is 9.69 Å². The van der Waals surface area contributed by atoms with Crippen LogP contribution in [0.2, 0.25) is 5.02 Å². The molecule has 2 heterocycles. The summed E-state index contributed by atoms with van der Waals surface area (Å²) in [5, 5.41) is 0.433. The van der Waals surface area contributed by atoms with Gasteiger partial charge in [-0.2, -0.15) is 0 Å². The van der Waals surface area contributed by atoms with Gasteiger partial charge in [-0.05, 0) is 83.1 Å². The summed E-state index contributed by atoms with van der Waals surface area (Å²) in [6, 6.07) is 32.1. The molecule has 0 bridgehead atoms. The van der Waals surface area contributed by atoms with E-state index in [-0.39, 0.29) is 5.91 Å². The van der Waals surface area contributed by atoms with Crippen molar-refractivity contribution in [3.05, 3.63) is 148 Å². The van der Waals surface area contributed by atoms with E-state index in [2.05, 4.69) is 72.3 Å². The van der Waals surface area contributed by atoms with Crippen molar-refractivity contribution in [3.63, 3.8) is 0 Å². The van der Waals surface area contributed by atoms with Gasteiger partial charge in [-0.15, -0.1) is 0 Å². The fourth-order valence-electron chi connectivity index (χ4n) is 6.29. The third kappa shape index (κ3) is 10.6. The lowest BCUT2D eigenvalue weighted by atomic mass is 10.0. The van der Waals surface area contributed by atoms with Gasteiger partial charge in [0.15, 0.2) is 5.75 Å². The molecule has 8 nitrogen and oxygen atoms in total. The first kappa shape index (κ1) is 38.4. The zero-order chi connectivity index (χ0) is 37.9. The number of halogens is 1. The number of aromatic nitrogens is 1. The lowest BCUT2D eigenvalue weighted by molar-refractivity contribution is -0.127. The number of methoxy groups -OCH3 is 1. The van der Waals surface area contributed by atoms with Crippen LogP contribution in [-0.2, 0) is 24.4 Å². The third-order valence-electron chi connectivity index (χ3n) is 9.49. The Labute approximate surface area is 323 Å². The van der Waals surface area contributed by atoms with Crippen molar-refractivity contribution in [3.8, 4) is 28.9 Å². The number of nitrogens with zero attached hydrogens (tertiary/aromatic N) is 3. The molecule has 1 aromatic heterocycles. The number of carbonyl (C=O) groups is 1. The number of ether oxygens (including phenoxy) is 4. The number of para-hydroxylation sites is 1. The molecule has 9 heteroatoms. The molecule has 0 atom stereocenters. The molecular weight excluding hydrogens is 698 g/mol. The van der Waals surface area contributed by atoms with Crippen LogP contribution in [0.15, 0.2) is 109 Å². The number of amides is 1. The van der Waals surface area contributed by atoms with Crippen LogP contribution in [0.25, 0.3) is 6.08 Å². The van der Waals surface area contributed by atoms with Crippen LogP contribution >= 0.6 is 11.6 Å². The van der Waals surface area contributed by atoms with Crippen molar-refractivity contribution in [1.29, 1.82) is 0 Å². The van der Waals surface area contributed by atoms with E-state index in [0.717, 1.165) is 54.2 Å². The Kier molecular flexibility index (Phi) is 13.3. The largest absolute Gasteiger partial charge is 0.496 e. The number of benzene rings is 4. The Bertz CT molecular complexity index is 1980. The van der Waals surface area contributed by atoms with Crippen molar-refractivity contribution in [2.75, 3.05) is 39.9 Å². The highest BCUT2D eigenvalue weighted by Gasteiger charge is 2.20. The normalized spacial score (nSPS) is 13.3. The van der Waals surface area contributed by atoms with Gasteiger partial charge < -0.3 is 23.8 Å². The Morgan fingerprint density at radius 2 is 1.59 bits per heavy atom. The minimum absolute atomic E-state index is 0.0107. The van der Waals surface area contributed by atoms with Crippen LogP contribution in [0, 0.1) is 6.92 Å². The molecule has 4 aromatic carbocycles. The second-order valence-corrected chi connectivity index (χ2v) is 14.2. The molecule has 54 heavy (non-hydrogen) atoms. The van der Waals surface area contributed by atoms with Gasteiger partial charge in [0.05, 0.1) is 24.9 Å². The zero-order valence-electron chi connectivity index (χ0n) is 31.5. The van der Waals surface area contributed by atoms with E-state index in [1.54, 1.807) is 43.7 Å². The van der Waals surface area contributed by atoms with Gasteiger partial charge in [-0.1, -0.05) is 80.0 Å². The van der Waals surface area contributed by atoms with Crippen LogP contribution in [0.4, 0.5) is 0 Å².